The van der Waals surface area contributed by atoms with Crippen LogP contribution in [0, 0.1) is 0 Å². The number of hydrogen-bond donors (Lipinski definition) is 1. The Hall–Kier alpha value is -3.46. The van der Waals surface area contributed by atoms with Crippen LogP contribution >= 0.6 is 0 Å². The summed E-state index contributed by atoms with van der Waals surface area (Å²) in [4.78, 5) is 0. The van der Waals surface area contributed by atoms with Gasteiger partial charge in [-0.1, -0.05) is 127 Å². The van der Waals surface area contributed by atoms with Crippen LogP contribution in [0.5, 0.6) is 0 Å². The minimum atomic E-state index is -0.797. The van der Waals surface area contributed by atoms with Gasteiger partial charge in [-0.05, 0) is 27.8 Å². The van der Waals surface area contributed by atoms with Crippen LogP contribution in [0.4, 0.5) is 0 Å². The molecule has 0 spiro atoms. The van der Waals surface area contributed by atoms with Gasteiger partial charge in [0.05, 0.1) is 13.2 Å². The lowest BCUT2D eigenvalue weighted by Crippen LogP contribution is -2.33. The molecule has 0 radical (unpaired) electrons. The Balaban J connectivity index is 1.81. The molecule has 0 atom stereocenters. The molecule has 4 rings (SSSR count). The zero-order valence-electron chi connectivity index (χ0n) is 17.4. The van der Waals surface area contributed by atoms with Crippen LogP contribution in [0.2, 0.25) is 0 Å². The fourth-order valence-corrected chi connectivity index (χ4v) is 3.89. The number of benzene rings is 4. The molecule has 0 amide bonds. The Bertz CT molecular complexity index is 992. The fourth-order valence-electron chi connectivity index (χ4n) is 3.89. The van der Waals surface area contributed by atoms with E-state index in [1.54, 1.807) is 0 Å². The van der Waals surface area contributed by atoms with Crippen molar-refractivity contribution in [1.29, 1.82) is 0 Å². The van der Waals surface area contributed by atoms with E-state index in [2.05, 4.69) is 36.4 Å². The Morgan fingerprint density at radius 3 is 1.39 bits per heavy atom. The smallest absolute Gasteiger partial charge is 0.144 e. The van der Waals surface area contributed by atoms with Crippen molar-refractivity contribution in [2.45, 2.75) is 5.60 Å². The Labute approximate surface area is 184 Å². The minimum Gasteiger partial charge on any atom is -0.392 e. The van der Waals surface area contributed by atoms with Crippen molar-refractivity contribution in [3.05, 3.63) is 149 Å². The summed E-state index contributed by atoms with van der Waals surface area (Å²) in [6.07, 6.45) is 1.99. The van der Waals surface area contributed by atoms with Gasteiger partial charge in [-0.25, -0.2) is 0 Å². The monoisotopic (exact) mass is 406 g/mol. The van der Waals surface area contributed by atoms with Crippen LogP contribution in [0.1, 0.15) is 22.3 Å². The first-order valence-corrected chi connectivity index (χ1v) is 10.5. The zero-order chi connectivity index (χ0) is 21.4. The zero-order valence-corrected chi connectivity index (χ0v) is 17.4. The number of aliphatic hydroxyl groups excluding tert-OH is 1. The van der Waals surface area contributed by atoms with Gasteiger partial charge in [-0.15, -0.1) is 0 Å². The second-order valence-electron chi connectivity index (χ2n) is 7.44. The van der Waals surface area contributed by atoms with Gasteiger partial charge in [0.15, 0.2) is 0 Å². The quantitative estimate of drug-likeness (QED) is 0.360. The van der Waals surface area contributed by atoms with Gasteiger partial charge in [0.2, 0.25) is 0 Å². The molecule has 0 saturated carbocycles. The molecule has 4 aromatic carbocycles. The molecular weight excluding hydrogens is 380 g/mol. The lowest BCUT2D eigenvalue weighted by Gasteiger charge is -2.36. The molecule has 0 unspecified atom stereocenters. The summed E-state index contributed by atoms with van der Waals surface area (Å²) >= 11 is 0. The van der Waals surface area contributed by atoms with Crippen molar-refractivity contribution < 1.29 is 9.84 Å². The Kier molecular flexibility index (Phi) is 6.73. The standard InChI is InChI=1S/C29H26O2/c30-22-25(21-24-13-5-1-6-14-24)23-31-29(26-15-7-2-8-16-26,27-17-9-3-10-18-27)28-19-11-4-12-20-28/h1-21,30H,22-23H2. The first-order chi connectivity index (χ1) is 15.3. The van der Waals surface area contributed by atoms with Crippen LogP contribution in [-0.4, -0.2) is 18.3 Å². The van der Waals surface area contributed by atoms with Gasteiger partial charge in [-0.2, -0.15) is 0 Å². The summed E-state index contributed by atoms with van der Waals surface area (Å²) in [5.41, 5.74) is 4.20. The highest BCUT2D eigenvalue weighted by atomic mass is 16.5. The van der Waals surface area contributed by atoms with Crippen LogP contribution < -0.4 is 0 Å². The summed E-state index contributed by atoms with van der Waals surface area (Å²) in [6, 6.07) is 40.8. The lowest BCUT2D eigenvalue weighted by atomic mass is 9.80. The van der Waals surface area contributed by atoms with Crippen molar-refractivity contribution in [3.8, 4) is 0 Å². The molecule has 4 aromatic rings. The molecule has 0 aromatic heterocycles. The minimum absolute atomic E-state index is 0.0661. The van der Waals surface area contributed by atoms with Crippen molar-refractivity contribution in [2.75, 3.05) is 13.2 Å². The van der Waals surface area contributed by atoms with E-state index in [0.717, 1.165) is 27.8 Å². The molecule has 0 heterocycles. The molecule has 0 bridgehead atoms. The fraction of sp³-hybridized carbons (Fsp3) is 0.103. The van der Waals surface area contributed by atoms with Crippen LogP contribution in [-0.2, 0) is 10.3 Å². The molecule has 2 heteroatoms. The highest BCUT2D eigenvalue weighted by Gasteiger charge is 2.37. The van der Waals surface area contributed by atoms with Crippen LogP contribution in [0.3, 0.4) is 0 Å². The van der Waals surface area contributed by atoms with Gasteiger partial charge < -0.3 is 9.84 Å². The normalized spacial score (nSPS) is 12.0. The third kappa shape index (κ3) is 4.66. The Morgan fingerprint density at radius 2 is 1.00 bits per heavy atom. The van der Waals surface area contributed by atoms with E-state index in [9.17, 15) is 5.11 Å². The van der Waals surface area contributed by atoms with E-state index in [1.807, 2.05) is 91.0 Å². The van der Waals surface area contributed by atoms with E-state index < -0.39 is 5.60 Å². The number of hydrogen-bond acceptors (Lipinski definition) is 2. The van der Waals surface area contributed by atoms with Gasteiger partial charge in [0, 0.05) is 0 Å². The van der Waals surface area contributed by atoms with E-state index in [-0.39, 0.29) is 6.61 Å². The maximum absolute atomic E-state index is 10.0. The maximum Gasteiger partial charge on any atom is 0.144 e. The molecule has 0 saturated heterocycles. The van der Waals surface area contributed by atoms with E-state index in [1.165, 1.54) is 0 Å². The van der Waals surface area contributed by atoms with Gasteiger partial charge in [-0.3, -0.25) is 0 Å². The molecule has 2 nitrogen and oxygen atoms in total. The summed E-state index contributed by atoms with van der Waals surface area (Å²) in [5.74, 6) is 0. The number of ether oxygens (including phenoxy) is 1. The molecular formula is C29H26O2. The highest BCUT2D eigenvalue weighted by Crippen LogP contribution is 2.40. The van der Waals surface area contributed by atoms with Crippen LogP contribution in [0.15, 0.2) is 127 Å². The number of aliphatic hydroxyl groups is 1. The number of rotatable bonds is 8. The predicted molar refractivity (Wildman–Crippen MR) is 127 cm³/mol. The van der Waals surface area contributed by atoms with Crippen molar-refractivity contribution in [2.24, 2.45) is 0 Å². The van der Waals surface area contributed by atoms with Gasteiger partial charge >= 0.3 is 0 Å². The third-order valence-corrected chi connectivity index (χ3v) is 5.39. The van der Waals surface area contributed by atoms with E-state index in [0.29, 0.717) is 6.61 Å². The van der Waals surface area contributed by atoms with E-state index in [4.69, 9.17) is 4.74 Å². The average molecular weight is 407 g/mol. The first-order valence-electron chi connectivity index (χ1n) is 10.5. The summed E-state index contributed by atoms with van der Waals surface area (Å²) in [7, 11) is 0. The van der Waals surface area contributed by atoms with Gasteiger partial charge in [0.1, 0.15) is 5.60 Å². The molecule has 154 valence electrons. The molecule has 1 N–H and O–H groups in total. The molecule has 0 aliphatic carbocycles. The van der Waals surface area contributed by atoms with Gasteiger partial charge in [0.25, 0.3) is 0 Å². The largest absolute Gasteiger partial charge is 0.392 e. The molecule has 0 fully saturated rings. The third-order valence-electron chi connectivity index (χ3n) is 5.39. The molecule has 31 heavy (non-hydrogen) atoms. The topological polar surface area (TPSA) is 29.5 Å². The summed E-state index contributed by atoms with van der Waals surface area (Å²) in [5, 5.41) is 10.0. The Morgan fingerprint density at radius 1 is 0.613 bits per heavy atom. The second kappa shape index (κ2) is 10.0. The highest BCUT2D eigenvalue weighted by molar-refractivity contribution is 5.53. The van der Waals surface area contributed by atoms with Crippen molar-refractivity contribution in [1.82, 2.24) is 0 Å². The summed E-state index contributed by atoms with van der Waals surface area (Å²) in [6.45, 7) is 0.230. The predicted octanol–water partition coefficient (Wildman–Crippen LogP) is 6.07. The van der Waals surface area contributed by atoms with Crippen molar-refractivity contribution >= 4 is 6.08 Å². The average Bonchev–Trinajstić information content (AvgIpc) is 2.86. The molecule has 0 aliphatic heterocycles. The molecule has 0 aliphatic rings. The van der Waals surface area contributed by atoms with E-state index >= 15 is 0 Å². The van der Waals surface area contributed by atoms with Crippen molar-refractivity contribution in [3.63, 3.8) is 0 Å². The maximum atomic E-state index is 10.0. The first kappa shape index (κ1) is 20.8. The SMILES string of the molecule is OCC(=Cc1ccccc1)COC(c1ccccc1)(c1ccccc1)c1ccccc1. The lowest BCUT2D eigenvalue weighted by molar-refractivity contribution is 0.0248. The summed E-state index contributed by atoms with van der Waals surface area (Å²) < 4.78 is 6.78. The second-order valence-corrected chi connectivity index (χ2v) is 7.44. The van der Waals surface area contributed by atoms with Crippen LogP contribution in [0.25, 0.3) is 6.08 Å².